The molecule has 0 aromatic carbocycles. The summed E-state index contributed by atoms with van der Waals surface area (Å²) in [6.07, 6.45) is 2.35. The normalized spacial score (nSPS) is 20.6. The largest absolute Gasteiger partial charge is 0.391 e. The van der Waals surface area contributed by atoms with Crippen LogP contribution < -0.4 is 0 Å². The second-order valence-corrected chi connectivity index (χ2v) is 3.78. The van der Waals surface area contributed by atoms with Gasteiger partial charge in [0.05, 0.1) is 12.5 Å². The van der Waals surface area contributed by atoms with Gasteiger partial charge in [0.1, 0.15) is 0 Å². The molecule has 0 bridgehead atoms. The number of carbonyl (C=O) groups excluding carboxylic acids is 1. The highest BCUT2D eigenvalue weighted by molar-refractivity contribution is 5.78. The van der Waals surface area contributed by atoms with Crippen LogP contribution >= 0.6 is 0 Å². The number of pyridine rings is 1. The first-order valence-corrected chi connectivity index (χ1v) is 5.11. The van der Waals surface area contributed by atoms with Crippen LogP contribution in [0, 0.1) is 0 Å². The number of β-amino-alcohol motifs (C(OH)–C–C–N with tert-alkyl or cyclic N) is 1. The smallest absolute Gasteiger partial charge is 0.228 e. The van der Waals surface area contributed by atoms with Crippen LogP contribution in [0.3, 0.4) is 0 Å². The topological polar surface area (TPSA) is 53.4 Å². The van der Waals surface area contributed by atoms with Crippen LogP contribution in [-0.2, 0) is 11.2 Å². The average molecular weight is 206 g/mol. The van der Waals surface area contributed by atoms with Crippen LogP contribution in [0.2, 0.25) is 0 Å². The molecule has 0 radical (unpaired) electrons. The van der Waals surface area contributed by atoms with Crippen LogP contribution in [0.5, 0.6) is 0 Å². The highest BCUT2D eigenvalue weighted by Gasteiger charge is 2.24. The number of hydrogen-bond acceptors (Lipinski definition) is 3. The fourth-order valence-corrected chi connectivity index (χ4v) is 1.74. The summed E-state index contributed by atoms with van der Waals surface area (Å²) in [5.74, 6) is 0.0465. The van der Waals surface area contributed by atoms with Crippen molar-refractivity contribution >= 4 is 5.91 Å². The Morgan fingerprint density at radius 2 is 2.47 bits per heavy atom. The van der Waals surface area contributed by atoms with E-state index in [1.54, 1.807) is 11.1 Å². The molecule has 2 rings (SSSR count). The SMILES string of the molecule is O=C(Cc1ccccn1)N1CCC(O)C1. The number of aromatic nitrogens is 1. The van der Waals surface area contributed by atoms with E-state index in [9.17, 15) is 9.90 Å². The average Bonchev–Trinajstić information content (AvgIpc) is 2.66. The van der Waals surface area contributed by atoms with Crippen LogP contribution in [0.15, 0.2) is 24.4 Å². The predicted molar refractivity (Wildman–Crippen MR) is 55.1 cm³/mol. The van der Waals surface area contributed by atoms with E-state index in [1.807, 2.05) is 18.2 Å². The Labute approximate surface area is 88.6 Å². The summed E-state index contributed by atoms with van der Waals surface area (Å²) < 4.78 is 0. The van der Waals surface area contributed by atoms with Gasteiger partial charge in [-0.1, -0.05) is 6.07 Å². The molecule has 0 saturated carbocycles. The number of aliphatic hydroxyl groups excluding tert-OH is 1. The van der Waals surface area contributed by atoms with Gasteiger partial charge < -0.3 is 10.0 Å². The molecular weight excluding hydrogens is 192 g/mol. The number of carbonyl (C=O) groups is 1. The molecule has 15 heavy (non-hydrogen) atoms. The van der Waals surface area contributed by atoms with Crippen molar-refractivity contribution in [2.45, 2.75) is 18.9 Å². The van der Waals surface area contributed by atoms with E-state index in [4.69, 9.17) is 0 Å². The van der Waals surface area contributed by atoms with Crippen molar-refractivity contribution in [3.05, 3.63) is 30.1 Å². The van der Waals surface area contributed by atoms with Gasteiger partial charge in [-0.2, -0.15) is 0 Å². The third kappa shape index (κ3) is 2.53. The maximum absolute atomic E-state index is 11.7. The molecule has 4 heteroatoms. The molecule has 1 aromatic rings. The molecule has 1 saturated heterocycles. The lowest BCUT2D eigenvalue weighted by atomic mass is 10.2. The summed E-state index contributed by atoms with van der Waals surface area (Å²) in [6, 6.07) is 5.53. The molecule has 1 amide bonds. The maximum Gasteiger partial charge on any atom is 0.228 e. The summed E-state index contributed by atoms with van der Waals surface area (Å²) in [5, 5.41) is 9.31. The maximum atomic E-state index is 11.7. The molecular formula is C11H14N2O2. The zero-order valence-corrected chi connectivity index (χ0v) is 8.47. The van der Waals surface area contributed by atoms with Crippen molar-refractivity contribution in [2.24, 2.45) is 0 Å². The van der Waals surface area contributed by atoms with Gasteiger partial charge in [0.15, 0.2) is 0 Å². The van der Waals surface area contributed by atoms with Gasteiger partial charge in [-0.25, -0.2) is 0 Å². The van der Waals surface area contributed by atoms with E-state index in [0.717, 1.165) is 5.69 Å². The third-order valence-corrected chi connectivity index (χ3v) is 2.57. The number of likely N-dealkylation sites (tertiary alicyclic amines) is 1. The van der Waals surface area contributed by atoms with Gasteiger partial charge in [-0.15, -0.1) is 0 Å². The molecule has 80 valence electrons. The van der Waals surface area contributed by atoms with Gasteiger partial charge in [0.25, 0.3) is 0 Å². The second-order valence-electron chi connectivity index (χ2n) is 3.78. The molecule has 1 unspecified atom stereocenters. The third-order valence-electron chi connectivity index (χ3n) is 2.57. The molecule has 0 spiro atoms. The molecule has 1 N–H and O–H groups in total. The first-order chi connectivity index (χ1) is 7.25. The summed E-state index contributed by atoms with van der Waals surface area (Å²) in [7, 11) is 0. The van der Waals surface area contributed by atoms with Gasteiger partial charge in [-0.3, -0.25) is 9.78 Å². The molecule has 4 nitrogen and oxygen atoms in total. The highest BCUT2D eigenvalue weighted by Crippen LogP contribution is 2.10. The fraction of sp³-hybridized carbons (Fsp3) is 0.455. The van der Waals surface area contributed by atoms with E-state index in [0.29, 0.717) is 25.9 Å². The van der Waals surface area contributed by atoms with Gasteiger partial charge in [0, 0.05) is 25.0 Å². The second kappa shape index (κ2) is 4.40. The molecule has 1 aromatic heterocycles. The fourth-order valence-electron chi connectivity index (χ4n) is 1.74. The van der Waals surface area contributed by atoms with E-state index in [1.165, 1.54) is 0 Å². The first kappa shape index (κ1) is 10.1. The van der Waals surface area contributed by atoms with Crippen molar-refractivity contribution < 1.29 is 9.90 Å². The van der Waals surface area contributed by atoms with Crippen molar-refractivity contribution in [2.75, 3.05) is 13.1 Å². The Bertz CT molecular complexity index is 340. The number of rotatable bonds is 2. The molecule has 1 aliphatic heterocycles. The Balaban J connectivity index is 1.93. The summed E-state index contributed by atoms with van der Waals surface area (Å²) in [6.45, 7) is 1.12. The Morgan fingerprint density at radius 3 is 3.07 bits per heavy atom. The van der Waals surface area contributed by atoms with Crippen molar-refractivity contribution in [3.8, 4) is 0 Å². The molecule has 2 heterocycles. The van der Waals surface area contributed by atoms with Gasteiger partial charge in [0.2, 0.25) is 5.91 Å². The molecule has 1 fully saturated rings. The highest BCUT2D eigenvalue weighted by atomic mass is 16.3. The Hall–Kier alpha value is -1.42. The number of hydrogen-bond donors (Lipinski definition) is 1. The number of aliphatic hydroxyl groups is 1. The van der Waals surface area contributed by atoms with Crippen molar-refractivity contribution in [1.82, 2.24) is 9.88 Å². The minimum absolute atomic E-state index is 0.0465. The quantitative estimate of drug-likeness (QED) is 0.753. The standard InChI is InChI=1S/C11H14N2O2/c14-10-4-6-13(8-10)11(15)7-9-3-1-2-5-12-9/h1-3,5,10,14H,4,6-8H2. The van der Waals surface area contributed by atoms with Crippen LogP contribution in [0.1, 0.15) is 12.1 Å². The van der Waals surface area contributed by atoms with Crippen LogP contribution in [-0.4, -0.2) is 40.1 Å². The van der Waals surface area contributed by atoms with Gasteiger partial charge >= 0.3 is 0 Å². The number of amides is 1. The zero-order valence-electron chi connectivity index (χ0n) is 8.47. The lowest BCUT2D eigenvalue weighted by Crippen LogP contribution is -2.31. The van der Waals surface area contributed by atoms with E-state index in [2.05, 4.69) is 4.98 Å². The zero-order chi connectivity index (χ0) is 10.7. The summed E-state index contributed by atoms with van der Waals surface area (Å²) in [5.41, 5.74) is 0.781. The summed E-state index contributed by atoms with van der Waals surface area (Å²) in [4.78, 5) is 17.5. The van der Waals surface area contributed by atoms with Crippen LogP contribution in [0.4, 0.5) is 0 Å². The molecule has 1 atom stereocenters. The monoisotopic (exact) mass is 206 g/mol. The predicted octanol–water partition coefficient (Wildman–Crippen LogP) is 0.217. The van der Waals surface area contributed by atoms with E-state index < -0.39 is 0 Å². The minimum atomic E-state index is -0.349. The first-order valence-electron chi connectivity index (χ1n) is 5.11. The van der Waals surface area contributed by atoms with E-state index in [-0.39, 0.29) is 12.0 Å². The van der Waals surface area contributed by atoms with Gasteiger partial charge in [-0.05, 0) is 18.6 Å². The van der Waals surface area contributed by atoms with Crippen LogP contribution in [0.25, 0.3) is 0 Å². The van der Waals surface area contributed by atoms with E-state index >= 15 is 0 Å². The lowest BCUT2D eigenvalue weighted by Gasteiger charge is -2.14. The minimum Gasteiger partial charge on any atom is -0.391 e. The molecule has 1 aliphatic rings. The molecule has 0 aliphatic carbocycles. The Kier molecular flexibility index (Phi) is 2.97. The lowest BCUT2D eigenvalue weighted by molar-refractivity contribution is -0.129. The number of nitrogens with zero attached hydrogens (tertiary/aromatic N) is 2. The summed E-state index contributed by atoms with van der Waals surface area (Å²) >= 11 is 0. The van der Waals surface area contributed by atoms with Crippen molar-refractivity contribution in [3.63, 3.8) is 0 Å². The Morgan fingerprint density at radius 1 is 1.60 bits per heavy atom. The van der Waals surface area contributed by atoms with Crippen molar-refractivity contribution in [1.29, 1.82) is 0 Å².